The van der Waals surface area contributed by atoms with Gasteiger partial charge in [-0.1, -0.05) is 5.16 Å². The van der Waals surface area contributed by atoms with Crippen molar-refractivity contribution in [3.05, 3.63) is 54.2 Å². The van der Waals surface area contributed by atoms with Crippen molar-refractivity contribution in [2.75, 3.05) is 45.3 Å². The quantitative estimate of drug-likeness (QED) is 0.466. The molecule has 12 heteroatoms. The van der Waals surface area contributed by atoms with Crippen molar-refractivity contribution in [2.24, 2.45) is 0 Å². The Labute approximate surface area is 191 Å². The van der Waals surface area contributed by atoms with Crippen LogP contribution in [0.2, 0.25) is 0 Å². The van der Waals surface area contributed by atoms with Crippen LogP contribution in [0.3, 0.4) is 0 Å². The summed E-state index contributed by atoms with van der Waals surface area (Å²) in [7, 11) is -0.881. The van der Waals surface area contributed by atoms with Gasteiger partial charge in [0.1, 0.15) is 0 Å². The Morgan fingerprint density at radius 2 is 2.00 bits per heavy atom. The number of aromatic nitrogens is 3. The van der Waals surface area contributed by atoms with Gasteiger partial charge in [0.15, 0.2) is 6.61 Å². The summed E-state index contributed by atoms with van der Waals surface area (Å²) in [5.41, 5.74) is 1.37. The molecule has 0 bridgehead atoms. The molecule has 3 aromatic rings. The van der Waals surface area contributed by atoms with E-state index in [1.54, 1.807) is 30.6 Å². The van der Waals surface area contributed by atoms with Crippen molar-refractivity contribution < 1.29 is 27.2 Å². The number of benzene rings is 1. The fraction of sp³-hybridized carbons (Fsp3) is 0.333. The molecule has 1 saturated heterocycles. The Morgan fingerprint density at radius 3 is 2.70 bits per heavy atom. The minimum atomic E-state index is -3.74. The minimum absolute atomic E-state index is 0.00638. The number of morpholine rings is 1. The number of hydrogen-bond acceptors (Lipinski definition) is 10. The summed E-state index contributed by atoms with van der Waals surface area (Å²) in [6.07, 6.45) is 3.22. The van der Waals surface area contributed by atoms with E-state index in [4.69, 9.17) is 14.0 Å². The highest BCUT2D eigenvalue weighted by Crippen LogP contribution is 2.27. The molecule has 0 amide bonds. The van der Waals surface area contributed by atoms with Gasteiger partial charge in [-0.15, -0.1) is 0 Å². The lowest BCUT2D eigenvalue weighted by Gasteiger charge is -2.30. The lowest BCUT2D eigenvalue weighted by molar-refractivity contribution is 0.0429. The first-order valence-electron chi connectivity index (χ1n) is 10.2. The van der Waals surface area contributed by atoms with Crippen LogP contribution >= 0.6 is 0 Å². The van der Waals surface area contributed by atoms with Crippen LogP contribution < -0.4 is 4.90 Å². The second-order valence-electron chi connectivity index (χ2n) is 7.40. The number of hydrogen-bond donors (Lipinski definition) is 0. The molecule has 0 N–H and O–H groups in total. The number of sulfonamides is 1. The number of nitrogens with zero attached hydrogens (tertiary/aromatic N) is 5. The normalized spacial score (nSPS) is 14.5. The van der Waals surface area contributed by atoms with E-state index in [1.165, 1.54) is 26.2 Å². The SMILES string of the molecule is CN(C)S(=O)(=O)c1ccc(N2CCOCC2)c(C(=O)OCc2nc(-c3cccnc3)no2)c1. The second-order valence-corrected chi connectivity index (χ2v) is 9.55. The number of carbonyl (C=O) groups is 1. The molecule has 2 aromatic heterocycles. The molecule has 1 aromatic carbocycles. The summed E-state index contributed by atoms with van der Waals surface area (Å²) >= 11 is 0. The molecule has 11 nitrogen and oxygen atoms in total. The molecule has 0 spiro atoms. The molecule has 0 atom stereocenters. The number of anilines is 1. The van der Waals surface area contributed by atoms with E-state index in [1.807, 2.05) is 4.90 Å². The van der Waals surface area contributed by atoms with Gasteiger partial charge in [0, 0.05) is 45.1 Å². The number of pyridine rings is 1. The molecule has 174 valence electrons. The molecular formula is C21H23N5O6S. The first-order chi connectivity index (χ1) is 15.9. The van der Waals surface area contributed by atoms with Crippen molar-refractivity contribution in [1.29, 1.82) is 0 Å². The van der Waals surface area contributed by atoms with Gasteiger partial charge in [-0.2, -0.15) is 4.98 Å². The molecule has 0 saturated carbocycles. The number of carbonyl (C=O) groups excluding carboxylic acids is 1. The van der Waals surface area contributed by atoms with Crippen LogP contribution in [0.25, 0.3) is 11.4 Å². The maximum atomic E-state index is 13.0. The first-order valence-corrected chi connectivity index (χ1v) is 11.6. The van der Waals surface area contributed by atoms with E-state index >= 15 is 0 Å². The van der Waals surface area contributed by atoms with E-state index in [2.05, 4.69) is 15.1 Å². The van der Waals surface area contributed by atoms with Crippen LogP contribution in [-0.4, -0.2) is 74.2 Å². The largest absolute Gasteiger partial charge is 0.452 e. The highest BCUT2D eigenvalue weighted by molar-refractivity contribution is 7.89. The number of esters is 1. The van der Waals surface area contributed by atoms with Crippen LogP contribution in [0, 0.1) is 0 Å². The summed E-state index contributed by atoms with van der Waals surface area (Å²) < 4.78 is 42.3. The fourth-order valence-electron chi connectivity index (χ4n) is 3.26. The summed E-state index contributed by atoms with van der Waals surface area (Å²) in [6.45, 7) is 1.88. The highest BCUT2D eigenvalue weighted by Gasteiger charge is 2.25. The van der Waals surface area contributed by atoms with Gasteiger partial charge in [-0.25, -0.2) is 17.5 Å². The molecule has 4 rings (SSSR count). The standard InChI is InChI=1S/C21H23N5O6S/c1-25(2)33(28,29)16-5-6-18(26-8-10-30-11-9-26)17(12-16)21(27)31-14-19-23-20(24-32-19)15-4-3-7-22-13-15/h3-7,12-13H,8-11,14H2,1-2H3. The Morgan fingerprint density at radius 1 is 1.21 bits per heavy atom. The molecule has 0 aliphatic carbocycles. The zero-order valence-electron chi connectivity index (χ0n) is 18.2. The van der Waals surface area contributed by atoms with Gasteiger partial charge in [0.2, 0.25) is 15.8 Å². The van der Waals surface area contributed by atoms with Gasteiger partial charge in [0.25, 0.3) is 5.89 Å². The van der Waals surface area contributed by atoms with Gasteiger partial charge >= 0.3 is 5.97 Å². The molecular weight excluding hydrogens is 450 g/mol. The highest BCUT2D eigenvalue weighted by atomic mass is 32.2. The van der Waals surface area contributed by atoms with Crippen molar-refractivity contribution >= 4 is 21.7 Å². The van der Waals surface area contributed by atoms with Crippen LogP contribution in [0.4, 0.5) is 5.69 Å². The predicted octanol–water partition coefficient (Wildman–Crippen LogP) is 1.58. The monoisotopic (exact) mass is 473 g/mol. The van der Waals surface area contributed by atoms with Crippen molar-refractivity contribution in [1.82, 2.24) is 19.4 Å². The summed E-state index contributed by atoms with van der Waals surface area (Å²) in [4.78, 5) is 23.2. The van der Waals surface area contributed by atoms with E-state index in [0.29, 0.717) is 43.4 Å². The summed E-state index contributed by atoms with van der Waals surface area (Å²) in [5.74, 6) is -0.275. The third-order valence-electron chi connectivity index (χ3n) is 5.03. The average Bonchev–Trinajstić information content (AvgIpc) is 3.32. The van der Waals surface area contributed by atoms with Crippen molar-refractivity contribution in [2.45, 2.75) is 11.5 Å². The maximum Gasteiger partial charge on any atom is 0.340 e. The third kappa shape index (κ3) is 5.02. The summed E-state index contributed by atoms with van der Waals surface area (Å²) in [6, 6.07) is 7.95. The first kappa shape index (κ1) is 22.8. The number of ether oxygens (including phenoxy) is 2. The van der Waals surface area contributed by atoms with Crippen molar-refractivity contribution in [3.63, 3.8) is 0 Å². The van der Waals surface area contributed by atoms with Gasteiger partial charge < -0.3 is 18.9 Å². The Balaban J connectivity index is 1.57. The van der Waals surface area contributed by atoms with Gasteiger partial charge in [-0.05, 0) is 30.3 Å². The van der Waals surface area contributed by atoms with Gasteiger partial charge in [-0.3, -0.25) is 4.98 Å². The molecule has 3 heterocycles. The zero-order valence-corrected chi connectivity index (χ0v) is 19.0. The average molecular weight is 474 g/mol. The molecule has 1 aliphatic heterocycles. The lowest BCUT2D eigenvalue weighted by atomic mass is 10.1. The minimum Gasteiger partial charge on any atom is -0.452 e. The van der Waals surface area contributed by atoms with Crippen molar-refractivity contribution in [3.8, 4) is 11.4 Å². The fourth-order valence-corrected chi connectivity index (χ4v) is 4.19. The van der Waals surface area contributed by atoms with Crippen LogP contribution in [-0.2, 0) is 26.1 Å². The van der Waals surface area contributed by atoms with Crippen LogP contribution in [0.5, 0.6) is 0 Å². The maximum absolute atomic E-state index is 13.0. The lowest BCUT2D eigenvalue weighted by Crippen LogP contribution is -2.37. The molecule has 0 radical (unpaired) electrons. The Hall–Kier alpha value is -3.35. The molecule has 33 heavy (non-hydrogen) atoms. The van der Waals surface area contributed by atoms with Crippen LogP contribution in [0.1, 0.15) is 16.2 Å². The smallest absolute Gasteiger partial charge is 0.340 e. The third-order valence-corrected chi connectivity index (χ3v) is 6.84. The Bertz CT molecular complexity index is 1220. The van der Waals surface area contributed by atoms with E-state index < -0.39 is 16.0 Å². The predicted molar refractivity (Wildman–Crippen MR) is 117 cm³/mol. The van der Waals surface area contributed by atoms with E-state index in [0.717, 1.165) is 4.31 Å². The topological polar surface area (TPSA) is 128 Å². The molecule has 1 fully saturated rings. The van der Waals surface area contributed by atoms with Gasteiger partial charge in [0.05, 0.1) is 29.4 Å². The zero-order chi connectivity index (χ0) is 23.4. The molecule has 0 unspecified atom stereocenters. The summed E-state index contributed by atoms with van der Waals surface area (Å²) in [5, 5.41) is 3.87. The van der Waals surface area contributed by atoms with E-state index in [-0.39, 0.29) is 23.0 Å². The molecule has 1 aliphatic rings. The Kier molecular flexibility index (Phi) is 6.67. The van der Waals surface area contributed by atoms with E-state index in [9.17, 15) is 13.2 Å². The number of rotatable bonds is 7. The van der Waals surface area contributed by atoms with Crippen LogP contribution in [0.15, 0.2) is 52.1 Å². The second kappa shape index (κ2) is 9.65.